The van der Waals surface area contributed by atoms with E-state index >= 15 is 0 Å². The van der Waals surface area contributed by atoms with Gasteiger partial charge in [-0.3, -0.25) is 9.69 Å². The fraction of sp³-hybridized carbons (Fsp3) is 0.400. The van der Waals surface area contributed by atoms with Crippen LogP contribution in [0, 0.1) is 6.92 Å². The number of alkyl halides is 6. The number of benzene rings is 2. The van der Waals surface area contributed by atoms with Crippen molar-refractivity contribution < 1.29 is 31.1 Å². The Balaban J connectivity index is 1.68. The van der Waals surface area contributed by atoms with E-state index in [4.69, 9.17) is 0 Å². The predicted molar refractivity (Wildman–Crippen MR) is 146 cm³/mol. The molecular weight excluding hydrogens is 546 g/mol. The molecule has 1 aliphatic heterocycles. The molecule has 1 aliphatic rings. The summed E-state index contributed by atoms with van der Waals surface area (Å²) in [4.78, 5) is 23.8. The van der Waals surface area contributed by atoms with Crippen LogP contribution in [0.2, 0.25) is 0 Å². The van der Waals surface area contributed by atoms with Crippen LogP contribution in [-0.2, 0) is 18.9 Å². The van der Waals surface area contributed by atoms with E-state index in [2.05, 4.69) is 28.6 Å². The maximum Gasteiger partial charge on any atom is 0.416 e. The molecule has 4 rings (SSSR count). The maximum absolute atomic E-state index is 13.6. The number of pyridine rings is 1. The number of rotatable bonds is 6. The first kappa shape index (κ1) is 30.4. The Labute approximate surface area is 235 Å². The van der Waals surface area contributed by atoms with Gasteiger partial charge in [0.1, 0.15) is 5.82 Å². The van der Waals surface area contributed by atoms with Gasteiger partial charge in [-0.2, -0.15) is 26.3 Å². The Bertz CT molecular complexity index is 1360. The molecule has 1 aromatic heterocycles. The Morgan fingerprint density at radius 3 is 2.02 bits per heavy atom. The molecule has 0 atom stereocenters. The minimum atomic E-state index is -4.98. The van der Waals surface area contributed by atoms with Crippen LogP contribution in [-0.4, -0.2) is 60.0 Å². The summed E-state index contributed by atoms with van der Waals surface area (Å²) in [7, 11) is 1.34. The number of nitrogens with zero attached hydrogens (tertiary/aromatic N) is 4. The van der Waals surface area contributed by atoms with Crippen molar-refractivity contribution in [1.29, 1.82) is 0 Å². The molecule has 3 aromatic rings. The van der Waals surface area contributed by atoms with Gasteiger partial charge in [0.15, 0.2) is 0 Å². The van der Waals surface area contributed by atoms with Gasteiger partial charge in [-0.15, -0.1) is 0 Å². The monoisotopic (exact) mass is 578 g/mol. The highest BCUT2D eigenvalue weighted by atomic mass is 19.4. The third-order valence-electron chi connectivity index (χ3n) is 7.34. The van der Waals surface area contributed by atoms with Gasteiger partial charge in [-0.25, -0.2) is 4.98 Å². The molecule has 1 fully saturated rings. The molecule has 0 unspecified atom stereocenters. The number of amides is 1. The maximum atomic E-state index is 13.6. The summed E-state index contributed by atoms with van der Waals surface area (Å²) in [6, 6.07) is 11.1. The van der Waals surface area contributed by atoms with Crippen molar-refractivity contribution in [3.8, 4) is 11.1 Å². The van der Waals surface area contributed by atoms with Crippen molar-refractivity contribution in [2.24, 2.45) is 0 Å². The van der Waals surface area contributed by atoms with E-state index in [9.17, 15) is 31.1 Å². The van der Waals surface area contributed by atoms with Crippen LogP contribution in [0.3, 0.4) is 0 Å². The highest BCUT2D eigenvalue weighted by Crippen LogP contribution is 2.37. The van der Waals surface area contributed by atoms with E-state index in [1.807, 2.05) is 37.3 Å². The molecule has 0 bridgehead atoms. The van der Waals surface area contributed by atoms with Crippen molar-refractivity contribution in [2.75, 3.05) is 38.1 Å². The highest BCUT2D eigenvalue weighted by molar-refractivity contribution is 6.01. The van der Waals surface area contributed by atoms with Crippen LogP contribution in [0.1, 0.15) is 46.5 Å². The van der Waals surface area contributed by atoms with Crippen LogP contribution in [0.25, 0.3) is 11.1 Å². The lowest BCUT2D eigenvalue weighted by molar-refractivity contribution is -0.143. The van der Waals surface area contributed by atoms with Gasteiger partial charge in [0.2, 0.25) is 0 Å². The first-order chi connectivity index (χ1) is 19.1. The highest BCUT2D eigenvalue weighted by Gasteiger charge is 2.37. The van der Waals surface area contributed by atoms with E-state index in [0.29, 0.717) is 29.6 Å². The van der Waals surface area contributed by atoms with Crippen molar-refractivity contribution in [1.82, 2.24) is 14.8 Å². The van der Waals surface area contributed by atoms with Crippen LogP contribution in [0.5, 0.6) is 0 Å². The molecule has 220 valence electrons. The molecule has 0 radical (unpaired) electrons. The normalized spacial score (nSPS) is 15.0. The molecule has 0 N–H and O–H groups in total. The second-order valence-electron chi connectivity index (χ2n) is 10.6. The summed E-state index contributed by atoms with van der Waals surface area (Å²) in [5.41, 5.74) is -0.649. The van der Waals surface area contributed by atoms with Crippen molar-refractivity contribution in [2.45, 2.75) is 45.7 Å². The lowest BCUT2D eigenvalue weighted by Gasteiger charge is -2.37. The molecule has 1 saturated heterocycles. The quantitative estimate of drug-likeness (QED) is 0.299. The number of halogens is 6. The number of anilines is 1. The number of piperazine rings is 1. The van der Waals surface area contributed by atoms with Crippen LogP contribution < -0.4 is 4.90 Å². The Kier molecular flexibility index (Phi) is 8.67. The van der Waals surface area contributed by atoms with E-state index in [1.165, 1.54) is 13.2 Å². The number of hydrogen-bond acceptors (Lipinski definition) is 4. The number of hydrogen-bond donors (Lipinski definition) is 0. The second kappa shape index (κ2) is 11.7. The minimum absolute atomic E-state index is 0.0746. The largest absolute Gasteiger partial charge is 0.416 e. The van der Waals surface area contributed by atoms with E-state index < -0.39 is 35.9 Å². The van der Waals surface area contributed by atoms with Gasteiger partial charge >= 0.3 is 12.4 Å². The molecule has 0 spiro atoms. The summed E-state index contributed by atoms with van der Waals surface area (Å²) < 4.78 is 80.2. The number of aromatic nitrogens is 1. The van der Waals surface area contributed by atoms with Crippen LogP contribution in [0.4, 0.5) is 32.2 Å². The van der Waals surface area contributed by atoms with Gasteiger partial charge < -0.3 is 9.80 Å². The summed E-state index contributed by atoms with van der Waals surface area (Å²) >= 11 is 0. The van der Waals surface area contributed by atoms with Gasteiger partial charge in [0, 0.05) is 52.0 Å². The SMILES string of the molecule is Cc1ccccc1-c1cc(N2CCN(C(C)C)CC2)ncc1C(=O)N(C)Cc1cc(C(F)(F)F)cc(C(F)(F)F)c1. The second-order valence-corrected chi connectivity index (χ2v) is 10.6. The molecule has 2 aromatic carbocycles. The van der Waals surface area contributed by atoms with E-state index in [-0.39, 0.29) is 17.2 Å². The number of aryl methyl sites for hydroxylation is 1. The van der Waals surface area contributed by atoms with Gasteiger partial charge in [0.25, 0.3) is 5.91 Å². The van der Waals surface area contributed by atoms with Gasteiger partial charge in [-0.1, -0.05) is 24.3 Å². The average Bonchev–Trinajstić information content (AvgIpc) is 2.91. The lowest BCUT2D eigenvalue weighted by Crippen LogP contribution is -2.49. The Morgan fingerprint density at radius 1 is 0.902 bits per heavy atom. The topological polar surface area (TPSA) is 39.7 Å². The number of carbonyl (C=O) groups excluding carboxylic acids is 1. The third-order valence-corrected chi connectivity index (χ3v) is 7.34. The lowest BCUT2D eigenvalue weighted by atomic mass is 9.96. The molecular formula is C30H32F6N4O. The van der Waals surface area contributed by atoms with Crippen LogP contribution >= 0.6 is 0 Å². The fourth-order valence-electron chi connectivity index (χ4n) is 5.01. The van der Waals surface area contributed by atoms with Crippen molar-refractivity contribution >= 4 is 11.7 Å². The average molecular weight is 579 g/mol. The molecule has 41 heavy (non-hydrogen) atoms. The summed E-state index contributed by atoms with van der Waals surface area (Å²) in [5.74, 6) is 0.122. The Hall–Kier alpha value is -3.60. The molecule has 0 saturated carbocycles. The molecule has 2 heterocycles. The Morgan fingerprint density at radius 2 is 1.49 bits per heavy atom. The minimum Gasteiger partial charge on any atom is -0.354 e. The fourth-order valence-corrected chi connectivity index (χ4v) is 5.01. The van der Waals surface area contributed by atoms with Crippen molar-refractivity contribution in [3.05, 3.63) is 82.5 Å². The zero-order valence-corrected chi connectivity index (χ0v) is 23.3. The summed E-state index contributed by atoms with van der Waals surface area (Å²) in [6.07, 6.45) is -8.51. The van der Waals surface area contributed by atoms with Crippen molar-refractivity contribution in [3.63, 3.8) is 0 Å². The molecule has 0 aliphatic carbocycles. The zero-order chi connectivity index (χ0) is 30.1. The standard InChI is InChI=1S/C30H32F6N4O/c1-19(2)39-9-11-40(12-10-39)27-16-25(24-8-6-5-7-20(24)3)26(17-37-27)28(41)38(4)18-21-13-22(29(31,32)33)15-23(14-21)30(34,35)36/h5-8,13-17,19H,9-12,18H2,1-4H3. The predicted octanol–water partition coefficient (Wildman–Crippen LogP) is 6.90. The number of carbonyl (C=O) groups is 1. The molecule has 1 amide bonds. The van der Waals surface area contributed by atoms with Gasteiger partial charge in [-0.05, 0) is 67.3 Å². The third kappa shape index (κ3) is 7.01. The van der Waals surface area contributed by atoms with E-state index in [1.54, 1.807) is 0 Å². The summed E-state index contributed by atoms with van der Waals surface area (Å²) in [6.45, 7) is 8.95. The van der Waals surface area contributed by atoms with Gasteiger partial charge in [0.05, 0.1) is 16.7 Å². The summed E-state index contributed by atoms with van der Waals surface area (Å²) in [5, 5.41) is 0. The zero-order valence-electron chi connectivity index (χ0n) is 23.3. The molecule has 5 nitrogen and oxygen atoms in total. The smallest absolute Gasteiger partial charge is 0.354 e. The van der Waals surface area contributed by atoms with E-state index in [0.717, 1.165) is 42.2 Å². The molecule has 11 heteroatoms. The first-order valence-corrected chi connectivity index (χ1v) is 13.2. The van der Waals surface area contributed by atoms with Crippen LogP contribution in [0.15, 0.2) is 54.7 Å². The first-order valence-electron chi connectivity index (χ1n) is 13.2.